The summed E-state index contributed by atoms with van der Waals surface area (Å²) in [6, 6.07) is 9.54. The molecule has 2 aromatic carbocycles. The zero-order chi connectivity index (χ0) is 17.8. The van der Waals surface area contributed by atoms with E-state index in [9.17, 15) is 4.79 Å². The van der Waals surface area contributed by atoms with Crippen molar-refractivity contribution < 1.29 is 14.3 Å². The van der Waals surface area contributed by atoms with Gasteiger partial charge in [-0.1, -0.05) is 23.7 Å². The molecule has 0 unspecified atom stereocenters. The second kappa shape index (κ2) is 7.62. The summed E-state index contributed by atoms with van der Waals surface area (Å²) in [4.78, 5) is 12.2. The highest BCUT2D eigenvalue weighted by atomic mass is 35.5. The molecule has 1 amide bonds. The molecule has 0 saturated carbocycles. The maximum Gasteiger partial charge on any atom is 0.248 e. The third-order valence-corrected chi connectivity index (χ3v) is 4.18. The lowest BCUT2D eigenvalue weighted by atomic mass is 10.1. The van der Waals surface area contributed by atoms with Crippen LogP contribution in [0.5, 0.6) is 11.5 Å². The van der Waals surface area contributed by atoms with Crippen LogP contribution in [0.2, 0.25) is 5.02 Å². The molecule has 0 saturated heterocycles. The zero-order valence-corrected chi connectivity index (χ0v) is 15.0. The highest BCUT2D eigenvalue weighted by molar-refractivity contribution is 6.32. The molecule has 1 aliphatic heterocycles. The average molecular weight is 358 g/mol. The molecule has 0 fully saturated rings. The van der Waals surface area contributed by atoms with Crippen molar-refractivity contribution in [3.63, 3.8) is 0 Å². The van der Waals surface area contributed by atoms with Crippen LogP contribution < -0.4 is 14.8 Å². The number of benzene rings is 2. The summed E-state index contributed by atoms with van der Waals surface area (Å²) >= 11 is 6.26. The molecule has 0 radical (unpaired) electrons. The zero-order valence-electron chi connectivity index (χ0n) is 14.3. The molecule has 3 rings (SSSR count). The van der Waals surface area contributed by atoms with E-state index in [1.165, 1.54) is 6.08 Å². The molecule has 0 atom stereocenters. The maximum absolute atomic E-state index is 12.2. The van der Waals surface area contributed by atoms with Crippen LogP contribution >= 0.6 is 11.6 Å². The van der Waals surface area contributed by atoms with E-state index in [2.05, 4.69) is 5.32 Å². The number of ether oxygens (including phenoxy) is 2. The minimum Gasteiger partial charge on any atom is -0.489 e. The first-order valence-electron chi connectivity index (χ1n) is 8.18. The Morgan fingerprint density at radius 1 is 1.16 bits per heavy atom. The summed E-state index contributed by atoms with van der Waals surface area (Å²) in [5.41, 5.74) is 3.71. The predicted octanol–water partition coefficient (Wildman–Crippen LogP) is 4.77. The number of halogens is 1. The van der Waals surface area contributed by atoms with E-state index in [-0.39, 0.29) is 5.91 Å². The Morgan fingerprint density at radius 2 is 1.96 bits per heavy atom. The standard InChI is InChI=1S/C20H20ClNO3/c1-13-4-5-14(2)17(10-13)22-19(23)7-6-15-11-16(21)20-18(12-15)24-8-3-9-25-20/h4-7,10-12H,3,8-9H2,1-2H3,(H,22,23)/b7-6+. The Kier molecular flexibility index (Phi) is 5.29. The summed E-state index contributed by atoms with van der Waals surface area (Å²) in [5, 5.41) is 3.37. The number of carbonyl (C=O) groups is 1. The van der Waals surface area contributed by atoms with Gasteiger partial charge in [-0.05, 0) is 54.8 Å². The largest absolute Gasteiger partial charge is 0.489 e. The molecule has 0 aromatic heterocycles. The molecule has 0 bridgehead atoms. The summed E-state index contributed by atoms with van der Waals surface area (Å²) in [6.45, 7) is 5.12. The lowest BCUT2D eigenvalue weighted by molar-refractivity contribution is -0.111. The van der Waals surface area contributed by atoms with E-state index in [1.807, 2.05) is 38.1 Å². The smallest absolute Gasteiger partial charge is 0.248 e. The van der Waals surface area contributed by atoms with Crippen LogP contribution in [0, 0.1) is 13.8 Å². The van der Waals surface area contributed by atoms with Crippen LogP contribution in [0.1, 0.15) is 23.1 Å². The Balaban J connectivity index is 1.75. The second-order valence-corrected chi connectivity index (χ2v) is 6.43. The van der Waals surface area contributed by atoms with Crippen molar-refractivity contribution in [3.05, 3.63) is 58.1 Å². The quantitative estimate of drug-likeness (QED) is 0.805. The third kappa shape index (κ3) is 4.34. The molecule has 1 heterocycles. The lowest BCUT2D eigenvalue weighted by Gasteiger charge is -2.10. The van der Waals surface area contributed by atoms with E-state index < -0.39 is 0 Å². The van der Waals surface area contributed by atoms with Crippen molar-refractivity contribution in [2.75, 3.05) is 18.5 Å². The minimum atomic E-state index is -0.197. The Hall–Kier alpha value is -2.46. The molecule has 5 heteroatoms. The number of anilines is 1. The number of hydrogen-bond acceptors (Lipinski definition) is 3. The normalized spacial score (nSPS) is 13.6. The van der Waals surface area contributed by atoms with Crippen molar-refractivity contribution in [1.82, 2.24) is 0 Å². The van der Waals surface area contributed by atoms with E-state index in [0.717, 1.165) is 28.8 Å². The Bertz CT molecular complexity index is 830. The van der Waals surface area contributed by atoms with E-state index in [0.29, 0.717) is 29.7 Å². The SMILES string of the molecule is Cc1ccc(C)c(NC(=O)/C=C/c2cc(Cl)c3c(c2)OCCCO3)c1. The molecular formula is C20H20ClNO3. The maximum atomic E-state index is 12.2. The molecule has 0 aliphatic carbocycles. The monoisotopic (exact) mass is 357 g/mol. The second-order valence-electron chi connectivity index (χ2n) is 6.02. The fourth-order valence-corrected chi connectivity index (χ4v) is 2.84. The predicted molar refractivity (Wildman–Crippen MR) is 101 cm³/mol. The minimum absolute atomic E-state index is 0.197. The molecular weight excluding hydrogens is 338 g/mol. The van der Waals surface area contributed by atoms with Gasteiger partial charge in [-0.25, -0.2) is 0 Å². The summed E-state index contributed by atoms with van der Waals surface area (Å²) in [5.74, 6) is 0.979. The number of amides is 1. The summed E-state index contributed by atoms with van der Waals surface area (Å²) in [6.07, 6.45) is 4.01. The van der Waals surface area contributed by atoms with Crippen molar-refractivity contribution >= 4 is 29.3 Å². The van der Waals surface area contributed by atoms with Crippen LogP contribution in [0.4, 0.5) is 5.69 Å². The number of nitrogens with one attached hydrogen (secondary N) is 1. The fraction of sp³-hybridized carbons (Fsp3) is 0.250. The van der Waals surface area contributed by atoms with Crippen molar-refractivity contribution in [2.45, 2.75) is 20.3 Å². The first-order valence-corrected chi connectivity index (χ1v) is 8.56. The highest BCUT2D eigenvalue weighted by Gasteiger charge is 2.15. The summed E-state index contributed by atoms with van der Waals surface area (Å²) in [7, 11) is 0. The topological polar surface area (TPSA) is 47.6 Å². The molecule has 130 valence electrons. The Morgan fingerprint density at radius 3 is 2.80 bits per heavy atom. The molecule has 1 aliphatic rings. The van der Waals surface area contributed by atoms with Crippen molar-refractivity contribution in [1.29, 1.82) is 0 Å². The van der Waals surface area contributed by atoms with Gasteiger partial charge >= 0.3 is 0 Å². The van der Waals surface area contributed by atoms with Gasteiger partial charge < -0.3 is 14.8 Å². The van der Waals surface area contributed by atoms with Crippen LogP contribution in [0.15, 0.2) is 36.4 Å². The number of hydrogen-bond donors (Lipinski definition) is 1. The van der Waals surface area contributed by atoms with Crippen LogP contribution in [-0.4, -0.2) is 19.1 Å². The number of carbonyl (C=O) groups excluding carboxylic acids is 1. The average Bonchev–Trinajstić information content (AvgIpc) is 2.82. The van der Waals surface area contributed by atoms with Gasteiger partial charge in [0.15, 0.2) is 11.5 Å². The highest BCUT2D eigenvalue weighted by Crippen LogP contribution is 2.38. The number of fused-ring (bicyclic) bond motifs is 1. The van der Waals surface area contributed by atoms with Crippen LogP contribution in [0.25, 0.3) is 6.08 Å². The van der Waals surface area contributed by atoms with Crippen LogP contribution in [-0.2, 0) is 4.79 Å². The molecule has 4 nitrogen and oxygen atoms in total. The van der Waals surface area contributed by atoms with Gasteiger partial charge in [0.2, 0.25) is 5.91 Å². The number of aryl methyl sites for hydroxylation is 2. The first kappa shape index (κ1) is 17.4. The van der Waals surface area contributed by atoms with Crippen LogP contribution in [0.3, 0.4) is 0 Å². The van der Waals surface area contributed by atoms with Gasteiger partial charge in [0, 0.05) is 18.2 Å². The summed E-state index contributed by atoms with van der Waals surface area (Å²) < 4.78 is 11.3. The first-order chi connectivity index (χ1) is 12.0. The van der Waals surface area contributed by atoms with Gasteiger partial charge in [-0.3, -0.25) is 4.79 Å². The Labute approximate surface area is 152 Å². The van der Waals surface area contributed by atoms with Crippen molar-refractivity contribution in [2.24, 2.45) is 0 Å². The van der Waals surface area contributed by atoms with Gasteiger partial charge in [0.05, 0.1) is 18.2 Å². The van der Waals surface area contributed by atoms with E-state index >= 15 is 0 Å². The molecule has 25 heavy (non-hydrogen) atoms. The molecule has 1 N–H and O–H groups in total. The van der Waals surface area contributed by atoms with E-state index in [1.54, 1.807) is 12.1 Å². The fourth-order valence-electron chi connectivity index (χ4n) is 2.56. The van der Waals surface area contributed by atoms with Gasteiger partial charge in [0.25, 0.3) is 0 Å². The third-order valence-electron chi connectivity index (χ3n) is 3.90. The van der Waals surface area contributed by atoms with Crippen molar-refractivity contribution in [3.8, 4) is 11.5 Å². The molecule has 0 spiro atoms. The lowest BCUT2D eigenvalue weighted by Crippen LogP contribution is -2.09. The molecule has 2 aromatic rings. The van der Waals surface area contributed by atoms with Gasteiger partial charge in [0.1, 0.15) is 0 Å². The van der Waals surface area contributed by atoms with Gasteiger partial charge in [-0.2, -0.15) is 0 Å². The van der Waals surface area contributed by atoms with Gasteiger partial charge in [-0.15, -0.1) is 0 Å². The van der Waals surface area contributed by atoms with E-state index in [4.69, 9.17) is 21.1 Å². The number of rotatable bonds is 3.